The van der Waals surface area contributed by atoms with E-state index in [9.17, 15) is 4.79 Å². The fourth-order valence-corrected chi connectivity index (χ4v) is 2.07. The minimum Gasteiger partial charge on any atom is -0.478 e. The van der Waals surface area contributed by atoms with Crippen molar-refractivity contribution in [3.8, 4) is 11.1 Å². The molecule has 0 aliphatic heterocycles. The van der Waals surface area contributed by atoms with Crippen LogP contribution in [0.1, 0.15) is 10.4 Å². The molecule has 1 heterocycles. The van der Waals surface area contributed by atoms with Crippen LogP contribution in [0.5, 0.6) is 0 Å². The fourth-order valence-electron chi connectivity index (χ4n) is 1.53. The number of aromatic nitrogens is 1. The molecule has 0 saturated heterocycles. The second-order valence-corrected chi connectivity index (χ2v) is 4.70. The number of pyridine rings is 1. The summed E-state index contributed by atoms with van der Waals surface area (Å²) >= 11 is 17.6. The lowest BCUT2D eigenvalue weighted by molar-refractivity contribution is 0.0698. The van der Waals surface area contributed by atoms with Gasteiger partial charge in [0.05, 0.1) is 20.6 Å². The topological polar surface area (TPSA) is 50.2 Å². The number of rotatable bonds is 2. The first kappa shape index (κ1) is 13.1. The van der Waals surface area contributed by atoms with Gasteiger partial charge in [-0.05, 0) is 17.7 Å². The third-order valence-electron chi connectivity index (χ3n) is 2.34. The van der Waals surface area contributed by atoms with Crippen LogP contribution < -0.4 is 0 Å². The first-order valence-electron chi connectivity index (χ1n) is 4.83. The van der Waals surface area contributed by atoms with E-state index in [1.807, 2.05) is 0 Å². The summed E-state index contributed by atoms with van der Waals surface area (Å²) in [6.45, 7) is 0. The van der Waals surface area contributed by atoms with Crippen LogP contribution >= 0.6 is 34.8 Å². The van der Waals surface area contributed by atoms with Gasteiger partial charge in [-0.3, -0.25) is 4.98 Å². The molecule has 1 aromatic carbocycles. The highest BCUT2D eigenvalue weighted by molar-refractivity contribution is 6.42. The van der Waals surface area contributed by atoms with E-state index in [2.05, 4.69) is 4.98 Å². The Bertz CT molecular complexity index is 629. The summed E-state index contributed by atoms with van der Waals surface area (Å²) in [6.07, 6.45) is 2.71. The van der Waals surface area contributed by atoms with Gasteiger partial charge in [-0.15, -0.1) is 0 Å². The number of halogens is 3. The summed E-state index contributed by atoms with van der Waals surface area (Å²) in [6, 6.07) is 4.82. The molecule has 0 bridgehead atoms. The van der Waals surface area contributed by atoms with Crippen LogP contribution in [0.2, 0.25) is 15.1 Å². The maximum atomic E-state index is 11.2. The van der Waals surface area contributed by atoms with Crippen molar-refractivity contribution in [2.45, 2.75) is 0 Å². The van der Waals surface area contributed by atoms with Crippen molar-refractivity contribution in [3.05, 3.63) is 51.2 Å². The van der Waals surface area contributed by atoms with Crippen molar-refractivity contribution in [2.75, 3.05) is 0 Å². The number of carbonyl (C=O) groups is 1. The van der Waals surface area contributed by atoms with Crippen molar-refractivity contribution < 1.29 is 9.90 Å². The third-order valence-corrected chi connectivity index (χ3v) is 3.37. The average Bonchev–Trinajstić information content (AvgIpc) is 2.32. The molecule has 2 rings (SSSR count). The lowest BCUT2D eigenvalue weighted by Gasteiger charge is -2.08. The van der Waals surface area contributed by atoms with Gasteiger partial charge in [-0.2, -0.15) is 0 Å². The van der Waals surface area contributed by atoms with Crippen LogP contribution in [0, 0.1) is 0 Å². The molecule has 3 nitrogen and oxygen atoms in total. The number of hydrogen-bond donors (Lipinski definition) is 1. The van der Waals surface area contributed by atoms with Crippen LogP contribution in [-0.4, -0.2) is 16.1 Å². The molecule has 0 fully saturated rings. The quantitative estimate of drug-likeness (QED) is 0.894. The summed E-state index contributed by atoms with van der Waals surface area (Å²) < 4.78 is 0. The predicted molar refractivity (Wildman–Crippen MR) is 71.7 cm³/mol. The maximum absolute atomic E-state index is 11.2. The summed E-state index contributed by atoms with van der Waals surface area (Å²) in [5.74, 6) is -1.12. The van der Waals surface area contributed by atoms with Gasteiger partial charge < -0.3 is 5.11 Å². The molecule has 1 N–H and O–H groups in total. The van der Waals surface area contributed by atoms with Gasteiger partial charge in [0.2, 0.25) is 0 Å². The van der Waals surface area contributed by atoms with Crippen LogP contribution in [0.3, 0.4) is 0 Å². The molecular formula is C12H6Cl3NO2. The van der Waals surface area contributed by atoms with Crippen molar-refractivity contribution in [1.29, 1.82) is 0 Å². The highest BCUT2D eigenvalue weighted by atomic mass is 35.5. The minimum atomic E-state index is -1.12. The maximum Gasteiger partial charge on any atom is 0.337 e. The molecule has 0 atom stereocenters. The molecule has 0 aliphatic carbocycles. The monoisotopic (exact) mass is 301 g/mol. The van der Waals surface area contributed by atoms with E-state index in [4.69, 9.17) is 39.9 Å². The van der Waals surface area contributed by atoms with Crippen molar-refractivity contribution >= 4 is 40.8 Å². The first-order valence-corrected chi connectivity index (χ1v) is 5.96. The van der Waals surface area contributed by atoms with E-state index in [-0.39, 0.29) is 10.6 Å². The standard InChI is InChI=1S/C12H6Cl3NO2/c13-8-2-1-6(3-9(8)14)7-4-16-5-10(15)11(7)12(17)18/h1-5H,(H,17,18). The molecule has 92 valence electrons. The van der Waals surface area contributed by atoms with Gasteiger partial charge in [-0.25, -0.2) is 4.79 Å². The molecule has 0 aliphatic rings. The summed E-state index contributed by atoms with van der Waals surface area (Å²) in [7, 11) is 0. The van der Waals surface area contributed by atoms with Gasteiger partial charge in [0.1, 0.15) is 0 Å². The Hall–Kier alpha value is -1.29. The zero-order chi connectivity index (χ0) is 13.3. The number of nitrogens with zero attached hydrogens (tertiary/aromatic N) is 1. The van der Waals surface area contributed by atoms with Crippen LogP contribution in [0.15, 0.2) is 30.6 Å². The number of carboxylic acid groups (broad SMARTS) is 1. The average molecular weight is 303 g/mol. The van der Waals surface area contributed by atoms with Gasteiger partial charge in [0.25, 0.3) is 0 Å². The Morgan fingerprint density at radius 3 is 2.39 bits per heavy atom. The number of carboxylic acids is 1. The van der Waals surface area contributed by atoms with E-state index in [0.29, 0.717) is 21.2 Å². The molecule has 0 radical (unpaired) electrons. The molecule has 6 heteroatoms. The zero-order valence-corrected chi connectivity index (χ0v) is 11.1. The van der Waals surface area contributed by atoms with Gasteiger partial charge in [0, 0.05) is 18.0 Å². The van der Waals surface area contributed by atoms with Gasteiger partial charge in [-0.1, -0.05) is 40.9 Å². The molecule has 0 spiro atoms. The lowest BCUT2D eigenvalue weighted by atomic mass is 10.0. The Labute approximate surface area is 118 Å². The second kappa shape index (κ2) is 5.14. The van der Waals surface area contributed by atoms with Gasteiger partial charge >= 0.3 is 5.97 Å². The van der Waals surface area contributed by atoms with E-state index in [0.717, 1.165) is 0 Å². The second-order valence-electron chi connectivity index (χ2n) is 3.48. The van der Waals surface area contributed by atoms with Crippen LogP contribution in [0.25, 0.3) is 11.1 Å². The Morgan fingerprint density at radius 1 is 1.06 bits per heavy atom. The number of hydrogen-bond acceptors (Lipinski definition) is 2. The van der Waals surface area contributed by atoms with Crippen LogP contribution in [-0.2, 0) is 0 Å². The summed E-state index contributed by atoms with van der Waals surface area (Å²) in [4.78, 5) is 15.1. The number of benzene rings is 1. The highest BCUT2D eigenvalue weighted by Crippen LogP contribution is 2.32. The summed E-state index contributed by atoms with van der Waals surface area (Å²) in [5, 5.41) is 9.97. The largest absolute Gasteiger partial charge is 0.478 e. The Balaban J connectivity index is 2.67. The highest BCUT2D eigenvalue weighted by Gasteiger charge is 2.16. The normalized spacial score (nSPS) is 10.4. The van der Waals surface area contributed by atoms with E-state index < -0.39 is 5.97 Å². The Kier molecular flexibility index (Phi) is 3.76. The van der Waals surface area contributed by atoms with Crippen molar-refractivity contribution in [1.82, 2.24) is 4.98 Å². The smallest absolute Gasteiger partial charge is 0.337 e. The van der Waals surface area contributed by atoms with Gasteiger partial charge in [0.15, 0.2) is 0 Å². The third kappa shape index (κ3) is 2.43. The molecule has 2 aromatic rings. The molecule has 0 amide bonds. The van der Waals surface area contributed by atoms with E-state index >= 15 is 0 Å². The molecule has 0 unspecified atom stereocenters. The molecular weight excluding hydrogens is 296 g/mol. The molecule has 18 heavy (non-hydrogen) atoms. The predicted octanol–water partition coefficient (Wildman–Crippen LogP) is 4.41. The SMILES string of the molecule is O=C(O)c1c(Cl)cncc1-c1ccc(Cl)c(Cl)c1. The lowest BCUT2D eigenvalue weighted by Crippen LogP contribution is -2.01. The Morgan fingerprint density at radius 2 is 1.78 bits per heavy atom. The zero-order valence-electron chi connectivity index (χ0n) is 8.82. The number of aromatic carboxylic acids is 1. The van der Waals surface area contributed by atoms with E-state index in [1.165, 1.54) is 12.4 Å². The molecule has 0 saturated carbocycles. The summed E-state index contributed by atoms with van der Waals surface area (Å²) in [5.41, 5.74) is 0.982. The first-order chi connectivity index (χ1) is 8.50. The van der Waals surface area contributed by atoms with Crippen molar-refractivity contribution in [2.24, 2.45) is 0 Å². The fraction of sp³-hybridized carbons (Fsp3) is 0. The van der Waals surface area contributed by atoms with Crippen LogP contribution in [0.4, 0.5) is 0 Å². The molecule has 1 aromatic heterocycles. The van der Waals surface area contributed by atoms with Crippen molar-refractivity contribution in [3.63, 3.8) is 0 Å². The minimum absolute atomic E-state index is 0.00921. The van der Waals surface area contributed by atoms with E-state index in [1.54, 1.807) is 18.2 Å².